The Morgan fingerprint density at radius 1 is 0.781 bits per heavy atom. The molecule has 1 aromatic heterocycles. The molecule has 0 amide bonds. The third kappa shape index (κ3) is 4.68. The van der Waals surface area contributed by atoms with Gasteiger partial charge in [0.05, 0.1) is 36.3 Å². The Morgan fingerprint density at radius 3 is 1.91 bits per heavy atom. The van der Waals surface area contributed by atoms with Gasteiger partial charge in [-0.15, -0.1) is 0 Å². The molecule has 0 spiro atoms. The minimum atomic E-state index is -3.40. The van der Waals surface area contributed by atoms with Crippen molar-refractivity contribution >= 4 is 9.84 Å². The van der Waals surface area contributed by atoms with E-state index in [0.29, 0.717) is 10.7 Å². The standard InChI is InChI=1S/C25H24N2O4S/c1-30-20-12-8-18(9-13-20)24-25(19-10-14-21(31-2)15-11-19)27-23(26-24)16-17-32(28,29)22-6-4-3-5-7-22/h3-15H,16-17H2,1-2H3,(H,26,27). The number of sulfone groups is 1. The lowest BCUT2D eigenvalue weighted by Gasteiger charge is -2.06. The fourth-order valence-corrected chi connectivity index (χ4v) is 4.71. The summed E-state index contributed by atoms with van der Waals surface area (Å²) in [6, 6.07) is 23.8. The summed E-state index contributed by atoms with van der Waals surface area (Å²) in [7, 11) is -0.156. The molecule has 7 heteroatoms. The first kappa shape index (κ1) is 21.6. The maximum Gasteiger partial charge on any atom is 0.178 e. The summed E-state index contributed by atoms with van der Waals surface area (Å²) in [6.45, 7) is 0. The van der Waals surface area contributed by atoms with E-state index in [2.05, 4.69) is 4.98 Å². The average Bonchev–Trinajstić information content (AvgIpc) is 3.28. The monoisotopic (exact) mass is 448 g/mol. The zero-order valence-corrected chi connectivity index (χ0v) is 18.7. The lowest BCUT2D eigenvalue weighted by Crippen LogP contribution is -2.09. The van der Waals surface area contributed by atoms with Crippen molar-refractivity contribution in [3.8, 4) is 34.0 Å². The molecule has 0 radical (unpaired) electrons. The third-order valence-corrected chi connectivity index (χ3v) is 6.94. The van der Waals surface area contributed by atoms with Crippen molar-refractivity contribution in [1.29, 1.82) is 0 Å². The van der Waals surface area contributed by atoms with Gasteiger partial charge in [-0.05, 0) is 60.7 Å². The molecule has 0 unspecified atom stereocenters. The van der Waals surface area contributed by atoms with Crippen LogP contribution in [0.2, 0.25) is 0 Å². The number of aromatic amines is 1. The smallest absolute Gasteiger partial charge is 0.178 e. The first-order valence-corrected chi connectivity index (χ1v) is 11.8. The molecule has 32 heavy (non-hydrogen) atoms. The van der Waals surface area contributed by atoms with Gasteiger partial charge in [-0.2, -0.15) is 0 Å². The highest BCUT2D eigenvalue weighted by atomic mass is 32.2. The molecule has 0 aliphatic heterocycles. The van der Waals surface area contributed by atoms with Crippen LogP contribution in [0.1, 0.15) is 5.82 Å². The fourth-order valence-electron chi connectivity index (χ4n) is 3.44. The summed E-state index contributed by atoms with van der Waals surface area (Å²) < 4.78 is 35.9. The second-order valence-corrected chi connectivity index (χ2v) is 9.36. The molecule has 0 bridgehead atoms. The molecular formula is C25H24N2O4S. The minimum Gasteiger partial charge on any atom is -0.497 e. The number of H-pyrrole nitrogens is 1. The highest BCUT2D eigenvalue weighted by Gasteiger charge is 2.18. The molecule has 0 aliphatic carbocycles. The highest BCUT2D eigenvalue weighted by molar-refractivity contribution is 7.91. The number of nitrogens with zero attached hydrogens (tertiary/aromatic N) is 1. The number of hydrogen-bond donors (Lipinski definition) is 1. The van der Waals surface area contributed by atoms with Gasteiger partial charge >= 0.3 is 0 Å². The number of benzene rings is 3. The minimum absolute atomic E-state index is 0.0331. The summed E-state index contributed by atoms with van der Waals surface area (Å²) >= 11 is 0. The van der Waals surface area contributed by atoms with Crippen LogP contribution in [0.3, 0.4) is 0 Å². The highest BCUT2D eigenvalue weighted by Crippen LogP contribution is 2.32. The van der Waals surface area contributed by atoms with E-state index < -0.39 is 9.84 Å². The van der Waals surface area contributed by atoms with Gasteiger partial charge in [0.25, 0.3) is 0 Å². The van der Waals surface area contributed by atoms with Gasteiger partial charge in [-0.25, -0.2) is 13.4 Å². The second kappa shape index (κ2) is 9.28. The number of aryl methyl sites for hydroxylation is 1. The van der Waals surface area contributed by atoms with Gasteiger partial charge < -0.3 is 14.5 Å². The molecular weight excluding hydrogens is 424 g/mol. The molecule has 0 fully saturated rings. The SMILES string of the molecule is COc1ccc(-c2nc(CCS(=O)(=O)c3ccccc3)[nH]c2-c2ccc(OC)cc2)cc1. The maximum absolute atomic E-state index is 12.7. The Morgan fingerprint density at radius 2 is 1.34 bits per heavy atom. The van der Waals surface area contributed by atoms with E-state index in [1.54, 1.807) is 44.6 Å². The quantitative estimate of drug-likeness (QED) is 0.420. The number of hydrogen-bond acceptors (Lipinski definition) is 5. The molecule has 0 saturated carbocycles. The van der Waals surface area contributed by atoms with Crippen LogP contribution in [0.4, 0.5) is 0 Å². The number of ether oxygens (including phenoxy) is 2. The van der Waals surface area contributed by atoms with Crippen LogP contribution in [0.15, 0.2) is 83.8 Å². The van der Waals surface area contributed by atoms with Crippen molar-refractivity contribution in [2.45, 2.75) is 11.3 Å². The second-order valence-electron chi connectivity index (χ2n) is 7.25. The van der Waals surface area contributed by atoms with E-state index in [-0.39, 0.29) is 12.2 Å². The van der Waals surface area contributed by atoms with Crippen LogP contribution in [0.5, 0.6) is 11.5 Å². The molecule has 4 rings (SSSR count). The Bertz CT molecular complexity index is 1220. The fraction of sp³-hybridized carbons (Fsp3) is 0.160. The van der Waals surface area contributed by atoms with Crippen molar-refractivity contribution in [1.82, 2.24) is 9.97 Å². The Balaban J connectivity index is 1.68. The zero-order chi connectivity index (χ0) is 22.6. The van der Waals surface area contributed by atoms with E-state index >= 15 is 0 Å². The topological polar surface area (TPSA) is 81.3 Å². The molecule has 1 heterocycles. The van der Waals surface area contributed by atoms with E-state index in [1.807, 2.05) is 48.5 Å². The molecule has 164 valence electrons. The predicted molar refractivity (Wildman–Crippen MR) is 125 cm³/mol. The van der Waals surface area contributed by atoms with Gasteiger partial charge in [0.2, 0.25) is 0 Å². The normalized spacial score (nSPS) is 11.3. The summed E-state index contributed by atoms with van der Waals surface area (Å²) in [5.41, 5.74) is 3.42. The average molecular weight is 449 g/mol. The van der Waals surface area contributed by atoms with Crippen LogP contribution in [0, 0.1) is 0 Å². The Labute approximate surface area is 187 Å². The maximum atomic E-state index is 12.7. The molecule has 4 aromatic rings. The molecule has 0 saturated heterocycles. The van der Waals surface area contributed by atoms with Crippen LogP contribution in [-0.4, -0.2) is 38.4 Å². The lowest BCUT2D eigenvalue weighted by molar-refractivity contribution is 0.414. The van der Waals surface area contributed by atoms with E-state index in [4.69, 9.17) is 14.5 Å². The third-order valence-electron chi connectivity index (χ3n) is 5.20. The number of imidazole rings is 1. The molecule has 6 nitrogen and oxygen atoms in total. The Hall–Kier alpha value is -3.58. The van der Waals surface area contributed by atoms with Crippen molar-refractivity contribution in [3.05, 3.63) is 84.7 Å². The first-order valence-electron chi connectivity index (χ1n) is 10.2. The lowest BCUT2D eigenvalue weighted by atomic mass is 10.0. The number of nitrogens with one attached hydrogen (secondary N) is 1. The summed E-state index contributed by atoms with van der Waals surface area (Å²) in [5.74, 6) is 2.09. The predicted octanol–water partition coefficient (Wildman–Crippen LogP) is 4.78. The van der Waals surface area contributed by atoms with E-state index in [9.17, 15) is 8.42 Å². The van der Waals surface area contributed by atoms with Crippen LogP contribution >= 0.6 is 0 Å². The number of rotatable bonds is 8. The largest absolute Gasteiger partial charge is 0.497 e. The summed E-state index contributed by atoms with van der Waals surface area (Å²) in [6.07, 6.45) is 0.274. The van der Waals surface area contributed by atoms with E-state index in [0.717, 1.165) is 34.0 Å². The van der Waals surface area contributed by atoms with Crippen molar-refractivity contribution in [2.24, 2.45) is 0 Å². The van der Waals surface area contributed by atoms with Crippen LogP contribution in [-0.2, 0) is 16.3 Å². The van der Waals surface area contributed by atoms with Crippen LogP contribution in [0.25, 0.3) is 22.5 Å². The van der Waals surface area contributed by atoms with E-state index in [1.165, 1.54) is 0 Å². The molecule has 3 aromatic carbocycles. The zero-order valence-electron chi connectivity index (χ0n) is 17.9. The van der Waals surface area contributed by atoms with Crippen molar-refractivity contribution in [3.63, 3.8) is 0 Å². The molecule has 0 aliphatic rings. The van der Waals surface area contributed by atoms with Crippen molar-refractivity contribution in [2.75, 3.05) is 20.0 Å². The summed E-state index contributed by atoms with van der Waals surface area (Å²) in [5, 5.41) is 0. The molecule has 1 N–H and O–H groups in total. The van der Waals surface area contributed by atoms with Gasteiger partial charge in [0, 0.05) is 17.5 Å². The number of methoxy groups -OCH3 is 2. The van der Waals surface area contributed by atoms with Gasteiger partial charge in [0.1, 0.15) is 17.3 Å². The first-order chi connectivity index (χ1) is 15.5. The van der Waals surface area contributed by atoms with Gasteiger partial charge in [-0.3, -0.25) is 0 Å². The van der Waals surface area contributed by atoms with Crippen LogP contribution < -0.4 is 9.47 Å². The summed E-state index contributed by atoms with van der Waals surface area (Å²) in [4.78, 5) is 8.42. The van der Waals surface area contributed by atoms with Crippen molar-refractivity contribution < 1.29 is 17.9 Å². The number of aromatic nitrogens is 2. The van der Waals surface area contributed by atoms with Gasteiger partial charge in [0.15, 0.2) is 9.84 Å². The van der Waals surface area contributed by atoms with Gasteiger partial charge in [-0.1, -0.05) is 18.2 Å². The molecule has 0 atom stereocenters. The Kier molecular flexibility index (Phi) is 6.28.